The Bertz CT molecular complexity index is 528. The smallest absolute Gasteiger partial charge is 0.113 e. The molecule has 1 unspecified atom stereocenters. The van der Waals surface area contributed by atoms with E-state index >= 15 is 0 Å². The molecule has 1 aromatic carbocycles. The normalized spacial score (nSPS) is 18.8. The summed E-state index contributed by atoms with van der Waals surface area (Å²) in [6, 6.07) is 9.20. The van der Waals surface area contributed by atoms with Crippen LogP contribution in [0.3, 0.4) is 0 Å². The quantitative estimate of drug-likeness (QED) is 0.917. The van der Waals surface area contributed by atoms with Gasteiger partial charge in [0.1, 0.15) is 5.52 Å². The minimum Gasteiger partial charge on any atom is -0.312 e. The average molecular weight is 258 g/mol. The van der Waals surface area contributed by atoms with Gasteiger partial charge in [-0.2, -0.15) is 0 Å². The maximum absolute atomic E-state index is 4.29. The monoisotopic (exact) mass is 258 g/mol. The van der Waals surface area contributed by atoms with Gasteiger partial charge in [-0.3, -0.25) is 0 Å². The van der Waals surface area contributed by atoms with Crippen LogP contribution in [0.4, 0.5) is 0 Å². The highest BCUT2D eigenvalue weighted by Crippen LogP contribution is 2.19. The van der Waals surface area contributed by atoms with E-state index < -0.39 is 0 Å². The predicted octanol–water partition coefficient (Wildman–Crippen LogP) is 2.91. The maximum atomic E-state index is 4.29. The summed E-state index contributed by atoms with van der Waals surface area (Å²) in [5.41, 5.74) is 2.10. The SMILES string of the molecule is CC(CNC1CCCCC1)n1nnc2ccccc21. The van der Waals surface area contributed by atoms with Gasteiger partial charge in [-0.25, -0.2) is 4.68 Å². The molecule has 102 valence electrons. The maximum Gasteiger partial charge on any atom is 0.113 e. The predicted molar refractivity (Wildman–Crippen MR) is 77.1 cm³/mol. The Morgan fingerprint density at radius 1 is 1.26 bits per heavy atom. The van der Waals surface area contributed by atoms with Gasteiger partial charge in [-0.15, -0.1) is 5.10 Å². The number of benzene rings is 1. The largest absolute Gasteiger partial charge is 0.312 e. The first-order valence-electron chi connectivity index (χ1n) is 7.38. The molecule has 0 saturated heterocycles. The molecular weight excluding hydrogens is 236 g/mol. The zero-order valence-corrected chi connectivity index (χ0v) is 11.5. The molecule has 1 atom stereocenters. The molecule has 0 spiro atoms. The summed E-state index contributed by atoms with van der Waals surface area (Å²) in [7, 11) is 0. The third-order valence-corrected chi connectivity index (χ3v) is 4.10. The van der Waals surface area contributed by atoms with Crippen LogP contribution in [0.15, 0.2) is 24.3 Å². The van der Waals surface area contributed by atoms with Crippen LogP contribution in [-0.4, -0.2) is 27.6 Å². The fourth-order valence-corrected chi connectivity index (χ4v) is 2.94. The molecule has 0 radical (unpaired) electrons. The lowest BCUT2D eigenvalue weighted by atomic mass is 9.95. The Morgan fingerprint density at radius 3 is 2.89 bits per heavy atom. The highest BCUT2D eigenvalue weighted by atomic mass is 15.4. The molecule has 0 amide bonds. The second kappa shape index (κ2) is 5.70. The van der Waals surface area contributed by atoms with E-state index in [0.717, 1.165) is 17.6 Å². The van der Waals surface area contributed by atoms with Crippen molar-refractivity contribution in [2.24, 2.45) is 0 Å². The standard InChI is InChI=1S/C15H22N4/c1-12(11-16-13-7-3-2-4-8-13)19-15-10-6-5-9-14(15)17-18-19/h5-6,9-10,12-13,16H,2-4,7-8,11H2,1H3. The Labute approximate surface area is 114 Å². The number of para-hydroxylation sites is 1. The number of nitrogens with zero attached hydrogens (tertiary/aromatic N) is 3. The molecule has 1 heterocycles. The average Bonchev–Trinajstić information content (AvgIpc) is 2.90. The summed E-state index contributed by atoms with van der Waals surface area (Å²) < 4.78 is 2.03. The van der Waals surface area contributed by atoms with Crippen LogP contribution in [0.5, 0.6) is 0 Å². The molecule has 19 heavy (non-hydrogen) atoms. The molecule has 1 aromatic heterocycles. The minimum absolute atomic E-state index is 0.342. The fraction of sp³-hybridized carbons (Fsp3) is 0.600. The van der Waals surface area contributed by atoms with Gasteiger partial charge in [-0.05, 0) is 31.9 Å². The van der Waals surface area contributed by atoms with Crippen molar-refractivity contribution in [1.29, 1.82) is 0 Å². The molecule has 3 rings (SSSR count). The Hall–Kier alpha value is -1.42. The number of aromatic nitrogens is 3. The number of rotatable bonds is 4. The second-order valence-electron chi connectivity index (χ2n) is 5.61. The molecule has 4 nitrogen and oxygen atoms in total. The molecule has 1 saturated carbocycles. The van der Waals surface area contributed by atoms with E-state index in [-0.39, 0.29) is 0 Å². The first-order valence-corrected chi connectivity index (χ1v) is 7.38. The highest BCUT2D eigenvalue weighted by Gasteiger charge is 2.15. The van der Waals surface area contributed by atoms with Crippen molar-refractivity contribution in [3.63, 3.8) is 0 Å². The zero-order chi connectivity index (χ0) is 13.1. The second-order valence-corrected chi connectivity index (χ2v) is 5.61. The molecule has 0 bridgehead atoms. The van der Waals surface area contributed by atoms with Crippen molar-refractivity contribution in [2.75, 3.05) is 6.54 Å². The van der Waals surface area contributed by atoms with Gasteiger partial charge in [0.25, 0.3) is 0 Å². The van der Waals surface area contributed by atoms with E-state index in [1.807, 2.05) is 22.9 Å². The molecule has 2 aromatic rings. The van der Waals surface area contributed by atoms with Crippen LogP contribution in [0.1, 0.15) is 45.1 Å². The first-order chi connectivity index (χ1) is 9.34. The summed E-state index contributed by atoms with van der Waals surface area (Å²) in [6.45, 7) is 3.18. The Balaban J connectivity index is 1.64. The van der Waals surface area contributed by atoms with E-state index in [1.165, 1.54) is 32.1 Å². The topological polar surface area (TPSA) is 42.7 Å². The third kappa shape index (κ3) is 2.78. The van der Waals surface area contributed by atoms with Crippen LogP contribution in [0.2, 0.25) is 0 Å². The zero-order valence-electron chi connectivity index (χ0n) is 11.5. The lowest BCUT2D eigenvalue weighted by Gasteiger charge is -2.24. The van der Waals surface area contributed by atoms with E-state index in [4.69, 9.17) is 0 Å². The lowest BCUT2D eigenvalue weighted by molar-refractivity contribution is 0.344. The van der Waals surface area contributed by atoms with Crippen molar-refractivity contribution in [3.8, 4) is 0 Å². The van der Waals surface area contributed by atoms with Gasteiger partial charge >= 0.3 is 0 Å². The van der Waals surface area contributed by atoms with E-state index in [1.54, 1.807) is 0 Å². The number of nitrogens with one attached hydrogen (secondary N) is 1. The Kier molecular flexibility index (Phi) is 3.78. The van der Waals surface area contributed by atoms with Crippen molar-refractivity contribution in [3.05, 3.63) is 24.3 Å². The molecule has 1 aliphatic carbocycles. The molecule has 1 aliphatic rings. The van der Waals surface area contributed by atoms with Gasteiger partial charge in [-0.1, -0.05) is 36.6 Å². The summed E-state index contributed by atoms with van der Waals surface area (Å²) in [6.07, 6.45) is 6.80. The molecule has 4 heteroatoms. The summed E-state index contributed by atoms with van der Waals surface area (Å²) >= 11 is 0. The van der Waals surface area contributed by atoms with Crippen LogP contribution in [0, 0.1) is 0 Å². The first kappa shape index (κ1) is 12.6. The molecular formula is C15H22N4. The minimum atomic E-state index is 0.342. The van der Waals surface area contributed by atoms with Gasteiger partial charge < -0.3 is 5.32 Å². The van der Waals surface area contributed by atoms with Crippen molar-refractivity contribution < 1.29 is 0 Å². The molecule has 1 fully saturated rings. The Morgan fingerprint density at radius 2 is 2.05 bits per heavy atom. The van der Waals surface area contributed by atoms with E-state index in [0.29, 0.717) is 12.1 Å². The summed E-state index contributed by atoms with van der Waals surface area (Å²) in [4.78, 5) is 0. The van der Waals surface area contributed by atoms with Crippen LogP contribution >= 0.6 is 0 Å². The number of hydrogen-bond acceptors (Lipinski definition) is 3. The van der Waals surface area contributed by atoms with Crippen molar-refractivity contribution in [2.45, 2.75) is 51.1 Å². The van der Waals surface area contributed by atoms with Gasteiger partial charge in [0.15, 0.2) is 0 Å². The number of fused-ring (bicyclic) bond motifs is 1. The molecule has 0 aliphatic heterocycles. The van der Waals surface area contributed by atoms with Crippen molar-refractivity contribution >= 4 is 11.0 Å². The number of hydrogen-bond donors (Lipinski definition) is 1. The summed E-state index contributed by atoms with van der Waals surface area (Å²) in [5.74, 6) is 0. The van der Waals surface area contributed by atoms with Crippen LogP contribution in [-0.2, 0) is 0 Å². The van der Waals surface area contributed by atoms with E-state index in [2.05, 4.69) is 28.6 Å². The van der Waals surface area contributed by atoms with Gasteiger partial charge in [0, 0.05) is 12.6 Å². The summed E-state index contributed by atoms with van der Waals surface area (Å²) in [5, 5.41) is 12.2. The van der Waals surface area contributed by atoms with Gasteiger partial charge in [0.2, 0.25) is 0 Å². The lowest BCUT2D eigenvalue weighted by Crippen LogP contribution is -2.35. The third-order valence-electron chi connectivity index (χ3n) is 4.10. The highest BCUT2D eigenvalue weighted by molar-refractivity contribution is 5.73. The fourth-order valence-electron chi connectivity index (χ4n) is 2.94. The van der Waals surface area contributed by atoms with Crippen molar-refractivity contribution in [1.82, 2.24) is 20.3 Å². The van der Waals surface area contributed by atoms with Crippen LogP contribution in [0.25, 0.3) is 11.0 Å². The van der Waals surface area contributed by atoms with Crippen LogP contribution < -0.4 is 5.32 Å². The van der Waals surface area contributed by atoms with Gasteiger partial charge in [0.05, 0.1) is 11.6 Å². The van der Waals surface area contributed by atoms with E-state index in [9.17, 15) is 0 Å². The molecule has 1 N–H and O–H groups in total.